The largest absolute Gasteiger partial charge is 0.477 e. The molecular formula is C11H7BrClNO4. The maximum absolute atomic E-state index is 11.2. The van der Waals surface area contributed by atoms with Crippen LogP contribution in [0.5, 0.6) is 0 Å². The van der Waals surface area contributed by atoms with Gasteiger partial charge in [-0.25, -0.2) is 14.2 Å². The molecule has 0 aliphatic rings. The van der Waals surface area contributed by atoms with Crippen molar-refractivity contribution in [2.75, 3.05) is 0 Å². The van der Waals surface area contributed by atoms with Gasteiger partial charge in [-0.3, -0.25) is 0 Å². The number of hydrogen-bond donors (Lipinski definition) is 2. The molecule has 0 bridgehead atoms. The van der Waals surface area contributed by atoms with Crippen LogP contribution in [0.3, 0.4) is 0 Å². The maximum atomic E-state index is 11.2. The van der Waals surface area contributed by atoms with E-state index in [1.165, 1.54) is 12.1 Å². The molecule has 1 aromatic heterocycles. The quantitative estimate of drug-likeness (QED) is 0.826. The minimum Gasteiger partial charge on any atom is -0.477 e. The first-order chi connectivity index (χ1) is 8.45. The van der Waals surface area contributed by atoms with E-state index in [1.807, 2.05) is 0 Å². The average Bonchev–Trinajstić information content (AvgIpc) is 2.66. The number of carboxylic acid groups (broad SMARTS) is 2. The van der Waals surface area contributed by atoms with Crippen molar-refractivity contribution in [1.29, 1.82) is 0 Å². The molecule has 0 saturated carbocycles. The number of hydrogen-bond acceptors (Lipinski definition) is 2. The molecule has 0 aliphatic carbocycles. The van der Waals surface area contributed by atoms with Gasteiger partial charge >= 0.3 is 12.1 Å². The Kier molecular flexibility index (Phi) is 3.32. The van der Waals surface area contributed by atoms with Crippen LogP contribution in [0.1, 0.15) is 16.1 Å². The molecule has 0 radical (unpaired) electrons. The number of benzene rings is 1. The van der Waals surface area contributed by atoms with Gasteiger partial charge in [0.15, 0.2) is 0 Å². The van der Waals surface area contributed by atoms with Crippen LogP contribution in [0.15, 0.2) is 18.2 Å². The van der Waals surface area contributed by atoms with Gasteiger partial charge in [0.2, 0.25) is 0 Å². The fourth-order valence-corrected chi connectivity index (χ4v) is 2.53. The summed E-state index contributed by atoms with van der Waals surface area (Å²) in [6, 6.07) is 4.43. The summed E-state index contributed by atoms with van der Waals surface area (Å²) >= 11 is 9.13. The zero-order valence-electron chi connectivity index (χ0n) is 8.85. The van der Waals surface area contributed by atoms with Gasteiger partial charge in [0.25, 0.3) is 0 Å². The number of aromatic carboxylic acids is 1. The van der Waals surface area contributed by atoms with E-state index in [0.717, 1.165) is 4.57 Å². The molecule has 2 N–H and O–H groups in total. The van der Waals surface area contributed by atoms with Gasteiger partial charge < -0.3 is 10.2 Å². The molecule has 0 atom stereocenters. The summed E-state index contributed by atoms with van der Waals surface area (Å²) in [6.07, 6.45) is -1.34. The summed E-state index contributed by atoms with van der Waals surface area (Å²) in [5, 5.41) is 19.4. The molecule has 0 spiro atoms. The average molecular weight is 333 g/mol. The number of fused-ring (bicyclic) bond motifs is 1. The van der Waals surface area contributed by atoms with Crippen molar-refractivity contribution in [3.05, 3.63) is 34.5 Å². The van der Waals surface area contributed by atoms with Crippen LogP contribution < -0.4 is 0 Å². The van der Waals surface area contributed by atoms with Gasteiger partial charge in [-0.15, -0.1) is 0 Å². The summed E-state index contributed by atoms with van der Waals surface area (Å²) in [6.45, 7) is 0. The van der Waals surface area contributed by atoms with Crippen molar-refractivity contribution in [1.82, 2.24) is 4.57 Å². The Morgan fingerprint density at radius 1 is 1.28 bits per heavy atom. The van der Waals surface area contributed by atoms with Gasteiger partial charge in [0, 0.05) is 15.7 Å². The highest BCUT2D eigenvalue weighted by atomic mass is 79.9. The molecule has 1 aromatic carbocycles. The van der Waals surface area contributed by atoms with Gasteiger partial charge in [0.05, 0.1) is 5.52 Å². The van der Waals surface area contributed by atoms with E-state index in [9.17, 15) is 9.59 Å². The number of rotatable bonds is 2. The van der Waals surface area contributed by atoms with Crippen LogP contribution in [0.2, 0.25) is 5.02 Å². The molecule has 1 heterocycles. The molecule has 0 fully saturated rings. The van der Waals surface area contributed by atoms with E-state index < -0.39 is 12.1 Å². The zero-order valence-corrected chi connectivity index (χ0v) is 11.2. The molecule has 0 aliphatic heterocycles. The van der Waals surface area contributed by atoms with Crippen LogP contribution in [0.4, 0.5) is 4.79 Å². The fraction of sp³-hybridized carbons (Fsp3) is 0.0909. The third-order valence-corrected chi connectivity index (χ3v) is 3.32. The van der Waals surface area contributed by atoms with Gasteiger partial charge in [-0.05, 0) is 23.8 Å². The number of carbonyl (C=O) groups is 2. The number of aromatic nitrogens is 1. The number of alkyl halides is 1. The first-order valence-corrected chi connectivity index (χ1v) is 6.32. The SMILES string of the molecule is O=C(O)c1cc2cc(Cl)cc(CBr)c2n1C(=O)O. The van der Waals surface area contributed by atoms with Crippen LogP contribution >= 0.6 is 27.5 Å². The van der Waals surface area contributed by atoms with Crippen LogP contribution in [0, 0.1) is 0 Å². The lowest BCUT2D eigenvalue weighted by Gasteiger charge is -2.05. The minimum absolute atomic E-state index is 0.304. The van der Waals surface area contributed by atoms with Crippen molar-refractivity contribution >= 4 is 50.5 Å². The number of nitrogens with zero attached hydrogens (tertiary/aromatic N) is 1. The highest BCUT2D eigenvalue weighted by Crippen LogP contribution is 2.29. The molecular weight excluding hydrogens is 325 g/mol. The van der Waals surface area contributed by atoms with E-state index in [0.29, 0.717) is 26.8 Å². The summed E-state index contributed by atoms with van der Waals surface area (Å²) in [5.74, 6) is -1.30. The van der Waals surface area contributed by atoms with Crippen molar-refractivity contribution in [3.63, 3.8) is 0 Å². The summed E-state index contributed by atoms with van der Waals surface area (Å²) < 4.78 is 0.755. The highest BCUT2D eigenvalue weighted by Gasteiger charge is 2.21. The third kappa shape index (κ3) is 1.97. The first kappa shape index (κ1) is 12.9. The lowest BCUT2D eigenvalue weighted by atomic mass is 10.1. The second kappa shape index (κ2) is 4.62. The monoisotopic (exact) mass is 331 g/mol. The van der Waals surface area contributed by atoms with Crippen molar-refractivity contribution < 1.29 is 19.8 Å². The molecule has 5 nitrogen and oxygen atoms in total. The number of carboxylic acids is 1. The lowest BCUT2D eigenvalue weighted by molar-refractivity contribution is 0.0685. The van der Waals surface area contributed by atoms with E-state index in [4.69, 9.17) is 21.8 Å². The Labute approximate surface area is 115 Å². The first-order valence-electron chi connectivity index (χ1n) is 4.82. The maximum Gasteiger partial charge on any atom is 0.416 e. The summed E-state index contributed by atoms with van der Waals surface area (Å²) in [7, 11) is 0. The third-order valence-electron chi connectivity index (χ3n) is 2.49. The molecule has 0 unspecified atom stereocenters. The molecule has 0 saturated heterocycles. The van der Waals surface area contributed by atoms with Crippen LogP contribution in [-0.2, 0) is 5.33 Å². The lowest BCUT2D eigenvalue weighted by Crippen LogP contribution is -2.15. The van der Waals surface area contributed by atoms with E-state index in [2.05, 4.69) is 15.9 Å². The summed E-state index contributed by atoms with van der Waals surface area (Å²) in [4.78, 5) is 22.3. The Balaban J connectivity index is 2.95. The summed E-state index contributed by atoms with van der Waals surface area (Å²) in [5.41, 5.74) is 0.649. The van der Waals surface area contributed by atoms with Crippen molar-refractivity contribution in [2.24, 2.45) is 0 Å². The van der Waals surface area contributed by atoms with Crippen molar-refractivity contribution in [2.45, 2.75) is 5.33 Å². The van der Waals surface area contributed by atoms with Gasteiger partial charge in [-0.1, -0.05) is 27.5 Å². The van der Waals surface area contributed by atoms with E-state index in [1.54, 1.807) is 6.07 Å². The normalized spacial score (nSPS) is 10.8. The predicted octanol–water partition coefficient (Wildman–Crippen LogP) is 3.41. The van der Waals surface area contributed by atoms with Crippen LogP contribution in [0.25, 0.3) is 10.9 Å². The molecule has 18 heavy (non-hydrogen) atoms. The second-order valence-corrected chi connectivity index (χ2v) is 4.59. The fourth-order valence-electron chi connectivity index (χ4n) is 1.85. The Morgan fingerprint density at radius 3 is 2.44 bits per heavy atom. The van der Waals surface area contributed by atoms with Gasteiger partial charge in [-0.2, -0.15) is 0 Å². The topological polar surface area (TPSA) is 79.5 Å². The Hall–Kier alpha value is -1.53. The highest BCUT2D eigenvalue weighted by molar-refractivity contribution is 9.08. The van der Waals surface area contributed by atoms with Gasteiger partial charge in [0.1, 0.15) is 5.69 Å². The molecule has 0 amide bonds. The predicted molar refractivity (Wildman–Crippen MR) is 70.0 cm³/mol. The van der Waals surface area contributed by atoms with E-state index in [-0.39, 0.29) is 5.69 Å². The number of halogens is 2. The molecule has 94 valence electrons. The zero-order chi connectivity index (χ0) is 13.4. The Morgan fingerprint density at radius 2 is 1.94 bits per heavy atom. The Bertz CT molecular complexity index is 665. The standard InChI is InChI=1S/C11H7BrClNO4/c12-4-6-2-7(13)1-5-3-8(10(15)16)14(9(5)6)11(17)18/h1-3H,4H2,(H,15,16)(H,17,18). The smallest absolute Gasteiger partial charge is 0.416 e. The second-order valence-electron chi connectivity index (χ2n) is 3.59. The molecule has 2 rings (SSSR count). The van der Waals surface area contributed by atoms with E-state index >= 15 is 0 Å². The van der Waals surface area contributed by atoms with Crippen molar-refractivity contribution in [3.8, 4) is 0 Å². The minimum atomic E-state index is -1.34. The molecule has 7 heteroatoms. The van der Waals surface area contributed by atoms with Crippen LogP contribution in [-0.4, -0.2) is 26.8 Å². The molecule has 2 aromatic rings.